The third-order valence-corrected chi connectivity index (χ3v) is 4.16. The number of ether oxygens (including phenoxy) is 1. The van der Waals surface area contributed by atoms with Gasteiger partial charge in [-0.1, -0.05) is 25.7 Å². The van der Waals surface area contributed by atoms with Crippen LogP contribution in [0.2, 0.25) is 0 Å². The topological polar surface area (TPSA) is 35.2 Å². The molecule has 0 radical (unpaired) electrons. The Balaban J connectivity index is 1.92. The fourth-order valence-electron chi connectivity index (χ4n) is 3.28. The SMILES string of the molecule is NCC1CCCOC1C1CCCCCC1. The molecule has 0 aromatic carbocycles. The molecular formula is C13H25NO. The van der Waals surface area contributed by atoms with Crippen LogP contribution in [0.4, 0.5) is 0 Å². The van der Waals surface area contributed by atoms with E-state index in [4.69, 9.17) is 10.5 Å². The van der Waals surface area contributed by atoms with Gasteiger partial charge in [0.25, 0.3) is 0 Å². The first-order valence-electron chi connectivity index (χ1n) is 6.73. The normalized spacial score (nSPS) is 35.0. The van der Waals surface area contributed by atoms with Gasteiger partial charge in [-0.2, -0.15) is 0 Å². The van der Waals surface area contributed by atoms with Gasteiger partial charge in [-0.05, 0) is 44.1 Å². The zero-order valence-corrected chi connectivity index (χ0v) is 9.79. The van der Waals surface area contributed by atoms with Crippen molar-refractivity contribution >= 4 is 0 Å². The fourth-order valence-corrected chi connectivity index (χ4v) is 3.28. The van der Waals surface area contributed by atoms with Crippen molar-refractivity contribution < 1.29 is 4.74 Å². The molecule has 1 aliphatic carbocycles. The van der Waals surface area contributed by atoms with E-state index in [1.807, 2.05) is 0 Å². The van der Waals surface area contributed by atoms with E-state index in [1.54, 1.807) is 0 Å². The lowest BCUT2D eigenvalue weighted by Gasteiger charge is -2.36. The number of hydrogen-bond acceptors (Lipinski definition) is 2. The van der Waals surface area contributed by atoms with Gasteiger partial charge in [0.1, 0.15) is 0 Å². The first kappa shape index (κ1) is 11.4. The van der Waals surface area contributed by atoms with E-state index in [-0.39, 0.29) is 0 Å². The third-order valence-electron chi connectivity index (χ3n) is 4.16. The second-order valence-electron chi connectivity index (χ2n) is 5.23. The van der Waals surface area contributed by atoms with Crippen LogP contribution in [0.15, 0.2) is 0 Å². The molecule has 0 spiro atoms. The van der Waals surface area contributed by atoms with Gasteiger partial charge in [0, 0.05) is 6.61 Å². The van der Waals surface area contributed by atoms with Gasteiger partial charge in [-0.15, -0.1) is 0 Å². The number of rotatable bonds is 2. The number of hydrogen-bond donors (Lipinski definition) is 1. The summed E-state index contributed by atoms with van der Waals surface area (Å²) in [5, 5.41) is 0. The minimum atomic E-state index is 0.488. The Labute approximate surface area is 93.6 Å². The summed E-state index contributed by atoms with van der Waals surface area (Å²) in [6.45, 7) is 1.79. The van der Waals surface area contributed by atoms with Crippen molar-refractivity contribution in [2.45, 2.75) is 57.5 Å². The van der Waals surface area contributed by atoms with Crippen molar-refractivity contribution in [2.24, 2.45) is 17.6 Å². The molecule has 2 nitrogen and oxygen atoms in total. The summed E-state index contributed by atoms with van der Waals surface area (Å²) in [7, 11) is 0. The summed E-state index contributed by atoms with van der Waals surface area (Å²) in [5.74, 6) is 1.45. The van der Waals surface area contributed by atoms with Crippen LogP contribution in [0.3, 0.4) is 0 Å². The molecule has 88 valence electrons. The molecular weight excluding hydrogens is 186 g/mol. The maximum absolute atomic E-state index is 6.00. The van der Waals surface area contributed by atoms with Crippen LogP contribution in [0.5, 0.6) is 0 Å². The molecule has 1 aliphatic heterocycles. The zero-order chi connectivity index (χ0) is 10.5. The van der Waals surface area contributed by atoms with Gasteiger partial charge in [0.2, 0.25) is 0 Å². The molecule has 2 N–H and O–H groups in total. The Hall–Kier alpha value is -0.0800. The molecule has 2 atom stereocenters. The summed E-state index contributed by atoms with van der Waals surface area (Å²) in [4.78, 5) is 0. The molecule has 15 heavy (non-hydrogen) atoms. The fraction of sp³-hybridized carbons (Fsp3) is 1.00. The van der Waals surface area contributed by atoms with Crippen LogP contribution in [-0.2, 0) is 4.74 Å². The van der Waals surface area contributed by atoms with Crippen molar-refractivity contribution in [1.82, 2.24) is 0 Å². The second-order valence-corrected chi connectivity index (χ2v) is 5.23. The smallest absolute Gasteiger partial charge is 0.0643 e. The van der Waals surface area contributed by atoms with Gasteiger partial charge in [-0.3, -0.25) is 0 Å². The van der Waals surface area contributed by atoms with Crippen LogP contribution in [0.25, 0.3) is 0 Å². The molecule has 0 bridgehead atoms. The highest BCUT2D eigenvalue weighted by atomic mass is 16.5. The zero-order valence-electron chi connectivity index (χ0n) is 9.79. The summed E-state index contributed by atoms with van der Waals surface area (Å²) >= 11 is 0. The van der Waals surface area contributed by atoms with Crippen LogP contribution < -0.4 is 5.73 Å². The van der Waals surface area contributed by atoms with Crippen molar-refractivity contribution in [3.63, 3.8) is 0 Å². The predicted molar refractivity (Wildman–Crippen MR) is 62.7 cm³/mol. The summed E-state index contributed by atoms with van der Waals surface area (Å²) in [5.41, 5.74) is 5.86. The molecule has 2 unspecified atom stereocenters. The van der Waals surface area contributed by atoms with Crippen LogP contribution >= 0.6 is 0 Å². The Kier molecular flexibility index (Phi) is 4.45. The Morgan fingerprint density at radius 1 is 0.933 bits per heavy atom. The maximum atomic E-state index is 6.00. The monoisotopic (exact) mass is 211 g/mol. The quantitative estimate of drug-likeness (QED) is 0.713. The molecule has 1 heterocycles. The van der Waals surface area contributed by atoms with E-state index < -0.39 is 0 Å². The molecule has 2 heteroatoms. The summed E-state index contributed by atoms with van der Waals surface area (Å²) in [6, 6.07) is 0. The lowest BCUT2D eigenvalue weighted by molar-refractivity contribution is -0.0611. The minimum Gasteiger partial charge on any atom is -0.378 e. The molecule has 1 saturated carbocycles. The molecule has 2 rings (SSSR count). The Bertz CT molecular complexity index is 175. The maximum Gasteiger partial charge on any atom is 0.0643 e. The minimum absolute atomic E-state index is 0.488. The average Bonchev–Trinajstić information content (AvgIpc) is 2.57. The Morgan fingerprint density at radius 2 is 1.67 bits per heavy atom. The predicted octanol–water partition coefficient (Wildman–Crippen LogP) is 2.71. The van der Waals surface area contributed by atoms with Crippen molar-refractivity contribution in [1.29, 1.82) is 0 Å². The van der Waals surface area contributed by atoms with Crippen molar-refractivity contribution in [3.8, 4) is 0 Å². The summed E-state index contributed by atoms with van der Waals surface area (Å²) < 4.78 is 6.00. The van der Waals surface area contributed by atoms with Crippen LogP contribution in [0, 0.1) is 11.8 Å². The molecule has 0 aromatic rings. The summed E-state index contributed by atoms with van der Waals surface area (Å²) in [6.07, 6.45) is 11.4. The van der Waals surface area contributed by atoms with Gasteiger partial charge in [0.05, 0.1) is 6.10 Å². The standard InChI is InChI=1S/C13H25NO/c14-10-12-8-5-9-15-13(12)11-6-3-1-2-4-7-11/h11-13H,1-10,14H2. The van der Waals surface area contributed by atoms with E-state index in [0.717, 1.165) is 19.1 Å². The first-order chi connectivity index (χ1) is 7.42. The molecule has 2 aliphatic rings. The van der Waals surface area contributed by atoms with Gasteiger partial charge in [-0.25, -0.2) is 0 Å². The lowest BCUT2D eigenvalue weighted by Crippen LogP contribution is -2.39. The van der Waals surface area contributed by atoms with Crippen molar-refractivity contribution in [2.75, 3.05) is 13.2 Å². The van der Waals surface area contributed by atoms with E-state index >= 15 is 0 Å². The third kappa shape index (κ3) is 2.94. The van der Waals surface area contributed by atoms with E-state index in [1.165, 1.54) is 51.4 Å². The van der Waals surface area contributed by atoms with E-state index in [9.17, 15) is 0 Å². The Morgan fingerprint density at radius 3 is 2.33 bits per heavy atom. The molecule has 2 fully saturated rings. The van der Waals surface area contributed by atoms with E-state index in [2.05, 4.69) is 0 Å². The van der Waals surface area contributed by atoms with Gasteiger partial charge >= 0.3 is 0 Å². The van der Waals surface area contributed by atoms with Crippen LogP contribution in [0.1, 0.15) is 51.4 Å². The molecule has 0 aromatic heterocycles. The molecule has 1 saturated heterocycles. The van der Waals surface area contributed by atoms with Gasteiger partial charge < -0.3 is 10.5 Å². The van der Waals surface area contributed by atoms with Gasteiger partial charge in [0.15, 0.2) is 0 Å². The lowest BCUT2D eigenvalue weighted by atomic mass is 9.82. The second kappa shape index (κ2) is 5.86. The van der Waals surface area contributed by atoms with Crippen molar-refractivity contribution in [3.05, 3.63) is 0 Å². The average molecular weight is 211 g/mol. The number of nitrogens with two attached hydrogens (primary N) is 1. The highest BCUT2D eigenvalue weighted by Crippen LogP contribution is 2.33. The molecule has 0 amide bonds. The largest absolute Gasteiger partial charge is 0.378 e. The van der Waals surface area contributed by atoms with Crippen LogP contribution in [-0.4, -0.2) is 19.3 Å². The highest BCUT2D eigenvalue weighted by molar-refractivity contribution is 4.82. The first-order valence-corrected chi connectivity index (χ1v) is 6.73. The highest BCUT2D eigenvalue weighted by Gasteiger charge is 2.31. The van der Waals surface area contributed by atoms with E-state index in [0.29, 0.717) is 12.0 Å².